The van der Waals surface area contributed by atoms with Crippen LogP contribution in [-0.4, -0.2) is 40.5 Å². The molecule has 1 aromatic heterocycles. The zero-order valence-corrected chi connectivity index (χ0v) is 13.1. The number of rotatable bonds is 4. The van der Waals surface area contributed by atoms with Gasteiger partial charge in [0.2, 0.25) is 0 Å². The highest BCUT2D eigenvalue weighted by Crippen LogP contribution is 2.15. The smallest absolute Gasteiger partial charge is 0.129 e. The van der Waals surface area contributed by atoms with Gasteiger partial charge in [-0.25, -0.2) is 4.39 Å². The molecule has 1 aliphatic heterocycles. The number of nitrogens with zero attached hydrogens (tertiary/aromatic N) is 4. The van der Waals surface area contributed by atoms with Crippen LogP contribution in [0.1, 0.15) is 16.7 Å². The molecule has 120 valence electrons. The summed E-state index contributed by atoms with van der Waals surface area (Å²) in [6.45, 7) is 5.36. The molecular weight excluding hydrogens is 295 g/mol. The summed E-state index contributed by atoms with van der Waals surface area (Å²) < 4.78 is 21.7. The van der Waals surface area contributed by atoms with Gasteiger partial charge in [0.05, 0.1) is 37.1 Å². The highest BCUT2D eigenvalue weighted by Gasteiger charge is 2.22. The van der Waals surface area contributed by atoms with Crippen molar-refractivity contribution in [3.05, 3.63) is 53.1 Å². The summed E-state index contributed by atoms with van der Waals surface area (Å²) in [7, 11) is 0. The second-order valence-corrected chi connectivity index (χ2v) is 5.89. The van der Waals surface area contributed by atoms with E-state index in [4.69, 9.17) is 10.00 Å². The van der Waals surface area contributed by atoms with Gasteiger partial charge < -0.3 is 4.74 Å². The Labute approximate surface area is 134 Å². The van der Waals surface area contributed by atoms with Crippen LogP contribution in [-0.2, 0) is 17.8 Å². The third kappa shape index (κ3) is 3.95. The first kappa shape index (κ1) is 15.7. The molecule has 0 bridgehead atoms. The number of nitriles is 1. The Morgan fingerprint density at radius 2 is 2.35 bits per heavy atom. The maximum Gasteiger partial charge on any atom is 0.129 e. The molecule has 1 fully saturated rings. The second kappa shape index (κ2) is 6.90. The van der Waals surface area contributed by atoms with Crippen molar-refractivity contribution < 1.29 is 9.13 Å². The molecule has 23 heavy (non-hydrogen) atoms. The number of aryl methyl sites for hydroxylation is 1. The molecule has 0 radical (unpaired) electrons. The maximum atomic E-state index is 14.0. The van der Waals surface area contributed by atoms with E-state index in [0.717, 1.165) is 18.7 Å². The van der Waals surface area contributed by atoms with Crippen LogP contribution in [0.25, 0.3) is 0 Å². The predicted molar refractivity (Wildman–Crippen MR) is 83.1 cm³/mol. The fraction of sp³-hybridized carbons (Fsp3) is 0.412. The van der Waals surface area contributed by atoms with Crippen molar-refractivity contribution in [3.63, 3.8) is 0 Å². The molecule has 1 atom stereocenters. The Kier molecular flexibility index (Phi) is 4.70. The van der Waals surface area contributed by atoms with E-state index in [1.807, 2.05) is 30.1 Å². The number of benzene rings is 1. The molecule has 0 spiro atoms. The normalized spacial score (nSPS) is 18.7. The maximum absolute atomic E-state index is 14.0. The first-order valence-electron chi connectivity index (χ1n) is 7.65. The van der Waals surface area contributed by atoms with E-state index >= 15 is 0 Å². The highest BCUT2D eigenvalue weighted by atomic mass is 19.1. The van der Waals surface area contributed by atoms with E-state index in [0.29, 0.717) is 30.8 Å². The molecule has 0 amide bonds. The van der Waals surface area contributed by atoms with E-state index in [1.165, 1.54) is 6.07 Å². The Morgan fingerprint density at radius 3 is 3.04 bits per heavy atom. The van der Waals surface area contributed by atoms with Crippen molar-refractivity contribution in [2.45, 2.75) is 26.1 Å². The molecular formula is C17H19FN4O. The largest absolute Gasteiger partial charge is 0.374 e. The Morgan fingerprint density at radius 1 is 1.48 bits per heavy atom. The minimum atomic E-state index is -0.324. The first-order chi connectivity index (χ1) is 11.1. The van der Waals surface area contributed by atoms with Crippen molar-refractivity contribution in [1.82, 2.24) is 14.7 Å². The number of aromatic nitrogens is 2. The second-order valence-electron chi connectivity index (χ2n) is 5.89. The summed E-state index contributed by atoms with van der Waals surface area (Å²) >= 11 is 0. The van der Waals surface area contributed by atoms with Gasteiger partial charge in [0.25, 0.3) is 0 Å². The number of hydrogen-bond acceptors (Lipinski definition) is 4. The van der Waals surface area contributed by atoms with E-state index in [9.17, 15) is 4.39 Å². The van der Waals surface area contributed by atoms with E-state index in [1.54, 1.807) is 12.1 Å². The molecule has 1 aromatic carbocycles. The number of halogens is 1. The Balaban J connectivity index is 1.61. The van der Waals surface area contributed by atoms with Gasteiger partial charge in [0, 0.05) is 31.4 Å². The minimum Gasteiger partial charge on any atom is -0.374 e. The number of hydrogen-bond donors (Lipinski definition) is 0. The molecule has 0 saturated carbocycles. The van der Waals surface area contributed by atoms with Crippen LogP contribution in [0.2, 0.25) is 0 Å². The van der Waals surface area contributed by atoms with Crippen LogP contribution in [0, 0.1) is 24.1 Å². The van der Waals surface area contributed by atoms with Gasteiger partial charge in [-0.1, -0.05) is 6.07 Å². The zero-order chi connectivity index (χ0) is 16.2. The van der Waals surface area contributed by atoms with E-state index in [2.05, 4.69) is 10.00 Å². The summed E-state index contributed by atoms with van der Waals surface area (Å²) in [5.74, 6) is -0.324. The topological polar surface area (TPSA) is 54.1 Å². The third-order valence-corrected chi connectivity index (χ3v) is 3.95. The summed E-state index contributed by atoms with van der Waals surface area (Å²) in [5, 5.41) is 13.1. The van der Waals surface area contributed by atoms with Crippen molar-refractivity contribution in [3.8, 4) is 6.07 Å². The Bertz CT molecular complexity index is 722. The van der Waals surface area contributed by atoms with E-state index < -0.39 is 0 Å². The van der Waals surface area contributed by atoms with Crippen LogP contribution in [0.5, 0.6) is 0 Å². The average Bonchev–Trinajstić information content (AvgIpc) is 2.94. The van der Waals surface area contributed by atoms with Crippen LogP contribution in [0.3, 0.4) is 0 Å². The summed E-state index contributed by atoms with van der Waals surface area (Å²) in [6, 6.07) is 6.59. The van der Waals surface area contributed by atoms with Crippen molar-refractivity contribution in [2.75, 3.05) is 19.7 Å². The van der Waals surface area contributed by atoms with Crippen LogP contribution < -0.4 is 0 Å². The summed E-state index contributed by atoms with van der Waals surface area (Å²) in [4.78, 5) is 2.18. The molecule has 5 nitrogen and oxygen atoms in total. The number of morpholine rings is 1. The average molecular weight is 314 g/mol. The minimum absolute atomic E-state index is 0.0458. The van der Waals surface area contributed by atoms with Gasteiger partial charge in [-0.3, -0.25) is 9.58 Å². The van der Waals surface area contributed by atoms with Gasteiger partial charge in [0.1, 0.15) is 5.82 Å². The standard InChI is InChI=1S/C17H19FN4O/c1-13-8-20-22(9-13)12-16-11-21(4-5-23-16)10-15-3-2-14(7-19)6-17(15)18/h2-3,6,8-9,16H,4-5,10-12H2,1H3/t16-/m1/s1. The summed E-state index contributed by atoms with van der Waals surface area (Å²) in [6.07, 6.45) is 3.86. The summed E-state index contributed by atoms with van der Waals surface area (Å²) in [5.41, 5.74) is 2.08. The lowest BCUT2D eigenvalue weighted by Gasteiger charge is -2.33. The van der Waals surface area contributed by atoms with Crippen molar-refractivity contribution in [2.24, 2.45) is 0 Å². The molecule has 6 heteroatoms. The lowest BCUT2D eigenvalue weighted by atomic mass is 10.1. The van der Waals surface area contributed by atoms with Crippen LogP contribution in [0.4, 0.5) is 4.39 Å². The SMILES string of the molecule is Cc1cnn(C[C@H]2CN(Cc3ccc(C#N)cc3F)CCO2)c1. The highest BCUT2D eigenvalue weighted by molar-refractivity contribution is 5.32. The monoisotopic (exact) mass is 314 g/mol. The van der Waals surface area contributed by atoms with Gasteiger partial charge in [0.15, 0.2) is 0 Å². The fourth-order valence-electron chi connectivity index (χ4n) is 2.80. The van der Waals surface area contributed by atoms with Crippen LogP contribution >= 0.6 is 0 Å². The van der Waals surface area contributed by atoms with Gasteiger partial charge in [-0.05, 0) is 24.6 Å². The fourth-order valence-corrected chi connectivity index (χ4v) is 2.80. The van der Waals surface area contributed by atoms with Gasteiger partial charge in [-0.15, -0.1) is 0 Å². The van der Waals surface area contributed by atoms with Gasteiger partial charge in [-0.2, -0.15) is 10.4 Å². The lowest BCUT2D eigenvalue weighted by Crippen LogP contribution is -2.43. The van der Waals surface area contributed by atoms with Crippen LogP contribution in [0.15, 0.2) is 30.6 Å². The third-order valence-electron chi connectivity index (χ3n) is 3.95. The molecule has 2 aromatic rings. The Hall–Kier alpha value is -2.23. The van der Waals surface area contributed by atoms with Crippen molar-refractivity contribution >= 4 is 0 Å². The molecule has 0 unspecified atom stereocenters. The molecule has 1 aliphatic rings. The van der Waals surface area contributed by atoms with Crippen molar-refractivity contribution in [1.29, 1.82) is 5.26 Å². The molecule has 3 rings (SSSR count). The predicted octanol–water partition coefficient (Wildman–Crippen LogP) is 2.10. The molecule has 0 aliphatic carbocycles. The number of ether oxygens (including phenoxy) is 1. The molecule has 2 heterocycles. The first-order valence-corrected chi connectivity index (χ1v) is 7.65. The van der Waals surface area contributed by atoms with E-state index in [-0.39, 0.29) is 11.9 Å². The molecule has 1 saturated heterocycles. The molecule has 0 N–H and O–H groups in total. The quantitative estimate of drug-likeness (QED) is 0.867. The van der Waals surface area contributed by atoms with Gasteiger partial charge >= 0.3 is 0 Å². The lowest BCUT2D eigenvalue weighted by molar-refractivity contribution is -0.0404. The zero-order valence-electron chi connectivity index (χ0n) is 13.1.